The fourth-order valence-corrected chi connectivity index (χ4v) is 5.05. The molecule has 0 bridgehead atoms. The number of fused-ring (bicyclic) bond motifs is 3. The van der Waals surface area contributed by atoms with Gasteiger partial charge < -0.3 is 20.5 Å². The fraction of sp³-hybridized carbons (Fsp3) is 0.444. The van der Waals surface area contributed by atoms with Crippen molar-refractivity contribution in [2.24, 2.45) is 11.8 Å². The first-order valence-electron chi connectivity index (χ1n) is 12.1. The van der Waals surface area contributed by atoms with Crippen LogP contribution in [0.25, 0.3) is 11.1 Å². The van der Waals surface area contributed by atoms with Crippen molar-refractivity contribution >= 4 is 18.0 Å². The Morgan fingerprint density at radius 3 is 2.18 bits per heavy atom. The van der Waals surface area contributed by atoms with Crippen molar-refractivity contribution in [3.05, 3.63) is 59.7 Å². The van der Waals surface area contributed by atoms with Gasteiger partial charge in [-0.2, -0.15) is 0 Å². The van der Waals surface area contributed by atoms with Gasteiger partial charge in [-0.25, -0.2) is 4.79 Å². The first kappa shape index (κ1) is 23.8. The van der Waals surface area contributed by atoms with Crippen molar-refractivity contribution in [1.82, 2.24) is 10.6 Å². The van der Waals surface area contributed by atoms with Crippen molar-refractivity contribution < 1.29 is 24.2 Å². The third kappa shape index (κ3) is 5.95. The van der Waals surface area contributed by atoms with E-state index in [-0.39, 0.29) is 30.8 Å². The van der Waals surface area contributed by atoms with Crippen molar-refractivity contribution in [3.8, 4) is 11.1 Å². The van der Waals surface area contributed by atoms with E-state index in [4.69, 9.17) is 9.84 Å². The first-order chi connectivity index (χ1) is 16.5. The first-order valence-corrected chi connectivity index (χ1v) is 12.1. The van der Waals surface area contributed by atoms with Gasteiger partial charge in [0.15, 0.2) is 0 Å². The molecule has 7 nitrogen and oxygen atoms in total. The van der Waals surface area contributed by atoms with Gasteiger partial charge in [0.25, 0.3) is 0 Å². The third-order valence-electron chi connectivity index (χ3n) is 6.83. The lowest BCUT2D eigenvalue weighted by molar-refractivity contribution is -0.139. The summed E-state index contributed by atoms with van der Waals surface area (Å²) >= 11 is 0. The van der Waals surface area contributed by atoms with E-state index in [0.717, 1.165) is 12.8 Å². The number of ether oxygens (including phenoxy) is 1. The smallest absolute Gasteiger partial charge is 0.407 e. The molecule has 0 aliphatic heterocycles. The number of nitrogens with one attached hydrogen (secondary N) is 2. The van der Waals surface area contributed by atoms with Crippen molar-refractivity contribution in [3.63, 3.8) is 0 Å². The maximum atomic E-state index is 12.2. The molecule has 0 spiro atoms. The summed E-state index contributed by atoms with van der Waals surface area (Å²) in [6, 6.07) is 16.5. The summed E-state index contributed by atoms with van der Waals surface area (Å²) in [4.78, 5) is 34.8. The highest BCUT2D eigenvalue weighted by Gasteiger charge is 2.31. The second kappa shape index (κ2) is 11.2. The number of alkyl carbamates (subject to hydrolysis) is 1. The molecule has 180 valence electrons. The van der Waals surface area contributed by atoms with Gasteiger partial charge in [0, 0.05) is 31.8 Å². The topological polar surface area (TPSA) is 105 Å². The van der Waals surface area contributed by atoms with Crippen LogP contribution in [0.1, 0.15) is 55.6 Å². The summed E-state index contributed by atoms with van der Waals surface area (Å²) in [7, 11) is 0. The van der Waals surface area contributed by atoms with E-state index in [0.29, 0.717) is 38.3 Å². The fourth-order valence-electron chi connectivity index (χ4n) is 5.05. The number of benzene rings is 2. The normalized spacial score (nSPS) is 18.4. The lowest BCUT2D eigenvalue weighted by Crippen LogP contribution is -2.36. The van der Waals surface area contributed by atoms with Gasteiger partial charge in [0.05, 0.1) is 0 Å². The minimum Gasteiger partial charge on any atom is -0.481 e. The van der Waals surface area contributed by atoms with E-state index < -0.39 is 12.1 Å². The van der Waals surface area contributed by atoms with Gasteiger partial charge >= 0.3 is 12.1 Å². The maximum absolute atomic E-state index is 12.2. The molecule has 2 aromatic rings. The van der Waals surface area contributed by atoms with Gasteiger partial charge in [-0.3, -0.25) is 9.59 Å². The van der Waals surface area contributed by atoms with Crippen molar-refractivity contribution in [2.75, 3.05) is 19.7 Å². The van der Waals surface area contributed by atoms with Crippen LogP contribution >= 0.6 is 0 Å². The molecule has 2 aliphatic rings. The monoisotopic (exact) mass is 464 g/mol. The zero-order valence-corrected chi connectivity index (χ0v) is 19.3. The molecule has 0 radical (unpaired) electrons. The van der Waals surface area contributed by atoms with Gasteiger partial charge in [0.1, 0.15) is 6.61 Å². The molecule has 4 rings (SSSR count). The number of hydrogen-bond acceptors (Lipinski definition) is 4. The minimum absolute atomic E-state index is 0.00262. The number of carbonyl (C=O) groups excluding carboxylic acids is 2. The zero-order valence-electron chi connectivity index (χ0n) is 19.3. The summed E-state index contributed by atoms with van der Waals surface area (Å²) in [5.41, 5.74) is 4.76. The number of carboxylic acids is 1. The summed E-state index contributed by atoms with van der Waals surface area (Å²) in [6.45, 7) is 1.37. The molecule has 0 saturated heterocycles. The van der Waals surface area contributed by atoms with Gasteiger partial charge in [0.2, 0.25) is 5.91 Å². The van der Waals surface area contributed by atoms with Crippen LogP contribution in [0.2, 0.25) is 0 Å². The lowest BCUT2D eigenvalue weighted by atomic mass is 9.73. The Bertz CT molecular complexity index is 986. The summed E-state index contributed by atoms with van der Waals surface area (Å²) in [5.74, 6) is -0.0640. The number of unbranched alkanes of at least 4 members (excludes halogenated alkanes) is 1. The average Bonchev–Trinajstić information content (AvgIpc) is 3.12. The molecule has 1 fully saturated rings. The largest absolute Gasteiger partial charge is 0.481 e. The quantitative estimate of drug-likeness (QED) is 0.430. The molecule has 0 unspecified atom stereocenters. The molecule has 34 heavy (non-hydrogen) atoms. The number of hydrogen-bond donors (Lipinski definition) is 3. The highest BCUT2D eigenvalue weighted by molar-refractivity contribution is 5.79. The van der Waals surface area contributed by atoms with Gasteiger partial charge in [-0.05, 0) is 59.8 Å². The SMILES string of the molecule is O=C(O)CC1CC(CNC(=O)CCCCNC(=O)OCC2c3ccccc3-c3ccccc32)C1. The predicted octanol–water partition coefficient (Wildman–Crippen LogP) is 4.31. The zero-order chi connectivity index (χ0) is 23.9. The van der Waals surface area contributed by atoms with E-state index in [1.165, 1.54) is 22.3 Å². The predicted molar refractivity (Wildman–Crippen MR) is 128 cm³/mol. The Hall–Kier alpha value is -3.35. The van der Waals surface area contributed by atoms with Gasteiger partial charge in [-0.1, -0.05) is 48.5 Å². The Morgan fingerprint density at radius 1 is 0.882 bits per heavy atom. The van der Waals surface area contributed by atoms with Crippen LogP contribution < -0.4 is 10.6 Å². The lowest BCUT2D eigenvalue weighted by Gasteiger charge is -2.34. The van der Waals surface area contributed by atoms with Gasteiger partial charge in [-0.15, -0.1) is 0 Å². The second-order valence-electron chi connectivity index (χ2n) is 9.31. The molecular weight excluding hydrogens is 432 g/mol. The molecule has 2 amide bonds. The molecular formula is C27H32N2O5. The van der Waals surface area contributed by atoms with E-state index in [1.54, 1.807) is 0 Å². The van der Waals surface area contributed by atoms with E-state index in [1.807, 2.05) is 24.3 Å². The number of amides is 2. The molecule has 3 N–H and O–H groups in total. The van der Waals surface area contributed by atoms with Crippen LogP contribution in [-0.2, 0) is 14.3 Å². The van der Waals surface area contributed by atoms with Crippen LogP contribution in [0.3, 0.4) is 0 Å². The number of rotatable bonds is 11. The van der Waals surface area contributed by atoms with E-state index >= 15 is 0 Å². The van der Waals surface area contributed by atoms with Crippen molar-refractivity contribution in [2.45, 2.75) is 44.4 Å². The standard InChI is InChI=1S/C27H32N2O5/c30-25(29-16-19-13-18(14-19)15-26(31)32)11-5-6-12-28-27(33)34-17-24-22-9-3-1-7-20(22)21-8-2-4-10-23(21)24/h1-4,7-10,18-19,24H,5-6,11-17H2,(H,28,33)(H,29,30)(H,31,32). The third-order valence-corrected chi connectivity index (χ3v) is 6.83. The summed E-state index contributed by atoms with van der Waals surface area (Å²) in [5, 5.41) is 14.5. The van der Waals surface area contributed by atoms with E-state index in [9.17, 15) is 14.4 Å². The Balaban J connectivity index is 1.08. The van der Waals surface area contributed by atoms with E-state index in [2.05, 4.69) is 34.9 Å². The summed E-state index contributed by atoms with van der Waals surface area (Å²) in [6.07, 6.45) is 3.32. The van der Waals surface area contributed by atoms with Crippen LogP contribution in [0.5, 0.6) is 0 Å². The molecule has 0 heterocycles. The molecule has 0 atom stereocenters. The van der Waals surface area contributed by atoms with Crippen molar-refractivity contribution in [1.29, 1.82) is 0 Å². The second-order valence-corrected chi connectivity index (χ2v) is 9.31. The Kier molecular flexibility index (Phi) is 7.83. The minimum atomic E-state index is -0.751. The highest BCUT2D eigenvalue weighted by Crippen LogP contribution is 2.44. The Morgan fingerprint density at radius 2 is 1.53 bits per heavy atom. The maximum Gasteiger partial charge on any atom is 0.407 e. The van der Waals surface area contributed by atoms with Crippen LogP contribution in [0, 0.1) is 11.8 Å². The molecule has 2 aliphatic carbocycles. The molecule has 1 saturated carbocycles. The number of aliphatic carboxylic acids is 1. The van der Waals surface area contributed by atoms with Crippen LogP contribution in [-0.4, -0.2) is 42.8 Å². The number of carbonyl (C=O) groups is 3. The number of carboxylic acid groups (broad SMARTS) is 1. The molecule has 0 aromatic heterocycles. The highest BCUT2D eigenvalue weighted by atomic mass is 16.5. The summed E-state index contributed by atoms with van der Waals surface area (Å²) < 4.78 is 5.52. The van der Waals surface area contributed by atoms with Crippen LogP contribution in [0.15, 0.2) is 48.5 Å². The molecule has 2 aromatic carbocycles. The van der Waals surface area contributed by atoms with Crippen LogP contribution in [0.4, 0.5) is 4.79 Å². The Labute approximate surface area is 199 Å². The average molecular weight is 465 g/mol. The molecule has 7 heteroatoms.